The van der Waals surface area contributed by atoms with Gasteiger partial charge in [0.25, 0.3) is 0 Å². The van der Waals surface area contributed by atoms with Gasteiger partial charge in [0.15, 0.2) is 6.29 Å². The Bertz CT molecular complexity index is 894. The molecule has 0 spiro atoms. The van der Waals surface area contributed by atoms with E-state index in [9.17, 15) is 4.79 Å². The molecule has 0 unspecified atom stereocenters. The van der Waals surface area contributed by atoms with Gasteiger partial charge in [0.05, 0.1) is 25.4 Å². The molecule has 0 fully saturated rings. The molecule has 0 aliphatic rings. The number of nitrogens with zero attached hydrogens (tertiary/aromatic N) is 1. The molecule has 4 nitrogen and oxygen atoms in total. The van der Waals surface area contributed by atoms with E-state index in [0.29, 0.717) is 0 Å². The van der Waals surface area contributed by atoms with Crippen molar-refractivity contribution in [3.63, 3.8) is 0 Å². The minimum Gasteiger partial charge on any atom is -0.497 e. The number of unbranched alkanes of at least 4 members (excludes halogenated alkanes) is 2. The van der Waals surface area contributed by atoms with Crippen LogP contribution in [0.2, 0.25) is 0 Å². The van der Waals surface area contributed by atoms with Crippen molar-refractivity contribution in [2.75, 3.05) is 14.2 Å². The minimum atomic E-state index is 0.726. The Hall–Kier alpha value is -2.75. The second kappa shape index (κ2) is 8.09. The second-order valence-electron chi connectivity index (χ2n) is 6.35. The van der Waals surface area contributed by atoms with Gasteiger partial charge >= 0.3 is 0 Å². The summed E-state index contributed by atoms with van der Waals surface area (Å²) in [5.41, 5.74) is 3.74. The van der Waals surface area contributed by atoms with Crippen molar-refractivity contribution in [3.8, 4) is 22.8 Å². The largest absolute Gasteiger partial charge is 0.497 e. The van der Waals surface area contributed by atoms with Crippen molar-refractivity contribution in [1.82, 2.24) is 4.57 Å². The number of aldehydes is 1. The number of aromatic nitrogens is 1. The van der Waals surface area contributed by atoms with Gasteiger partial charge < -0.3 is 14.0 Å². The molecule has 0 saturated carbocycles. The number of rotatable bonds is 8. The van der Waals surface area contributed by atoms with Crippen LogP contribution in [0.4, 0.5) is 0 Å². The SMILES string of the molecule is CCCCCn1c(-c2ccc(OC)cc2)c(C=O)c2ccc(OC)cc21. The summed E-state index contributed by atoms with van der Waals surface area (Å²) in [7, 11) is 3.32. The predicted octanol–water partition coefficient (Wildman–Crippen LogP) is 5.33. The molecule has 4 heteroatoms. The predicted molar refractivity (Wildman–Crippen MR) is 105 cm³/mol. The highest BCUT2D eigenvalue weighted by molar-refractivity contribution is 6.05. The Morgan fingerprint density at radius 2 is 1.65 bits per heavy atom. The summed E-state index contributed by atoms with van der Waals surface area (Å²) >= 11 is 0. The van der Waals surface area contributed by atoms with Crippen LogP contribution in [0.3, 0.4) is 0 Å². The maximum absolute atomic E-state index is 12.0. The zero-order chi connectivity index (χ0) is 18.5. The summed E-state index contributed by atoms with van der Waals surface area (Å²) in [6.45, 7) is 3.06. The van der Waals surface area contributed by atoms with Crippen LogP contribution in [0.25, 0.3) is 22.2 Å². The summed E-state index contributed by atoms with van der Waals surface area (Å²) in [6.07, 6.45) is 4.34. The Labute approximate surface area is 154 Å². The Kier molecular flexibility index (Phi) is 5.61. The third-order valence-corrected chi connectivity index (χ3v) is 4.78. The number of carbonyl (C=O) groups excluding carboxylic acids is 1. The highest BCUT2D eigenvalue weighted by atomic mass is 16.5. The zero-order valence-electron chi connectivity index (χ0n) is 15.6. The summed E-state index contributed by atoms with van der Waals surface area (Å²) in [6, 6.07) is 13.8. The molecule has 136 valence electrons. The van der Waals surface area contributed by atoms with Crippen LogP contribution >= 0.6 is 0 Å². The quantitative estimate of drug-likeness (QED) is 0.407. The fraction of sp³-hybridized carbons (Fsp3) is 0.318. The topological polar surface area (TPSA) is 40.5 Å². The maximum atomic E-state index is 12.0. The lowest BCUT2D eigenvalue weighted by Crippen LogP contribution is -2.01. The van der Waals surface area contributed by atoms with Gasteiger partial charge in [-0.1, -0.05) is 19.8 Å². The van der Waals surface area contributed by atoms with Crippen LogP contribution in [0.5, 0.6) is 11.5 Å². The maximum Gasteiger partial charge on any atom is 0.152 e. The third-order valence-electron chi connectivity index (χ3n) is 4.78. The van der Waals surface area contributed by atoms with Gasteiger partial charge in [0.1, 0.15) is 11.5 Å². The van der Waals surface area contributed by atoms with Crippen LogP contribution in [-0.2, 0) is 6.54 Å². The Balaban J connectivity index is 2.22. The summed E-state index contributed by atoms with van der Waals surface area (Å²) in [4.78, 5) is 12.0. The number of ether oxygens (including phenoxy) is 2. The molecule has 0 N–H and O–H groups in total. The molecular weight excluding hydrogens is 326 g/mol. The third kappa shape index (κ3) is 3.32. The number of hydrogen-bond donors (Lipinski definition) is 0. The number of methoxy groups -OCH3 is 2. The molecule has 0 atom stereocenters. The van der Waals surface area contributed by atoms with Gasteiger partial charge in [0.2, 0.25) is 0 Å². The van der Waals surface area contributed by atoms with Gasteiger partial charge in [-0.05, 0) is 48.4 Å². The second-order valence-corrected chi connectivity index (χ2v) is 6.35. The van der Waals surface area contributed by atoms with Crippen molar-refractivity contribution in [3.05, 3.63) is 48.0 Å². The lowest BCUT2D eigenvalue weighted by atomic mass is 10.1. The number of fused-ring (bicyclic) bond motifs is 1. The van der Waals surface area contributed by atoms with E-state index >= 15 is 0 Å². The van der Waals surface area contributed by atoms with Gasteiger partial charge in [-0.3, -0.25) is 4.79 Å². The molecular formula is C22H25NO3. The molecule has 3 rings (SSSR count). The summed E-state index contributed by atoms with van der Waals surface area (Å²) in [5, 5.41) is 0.961. The first-order valence-corrected chi connectivity index (χ1v) is 9.03. The van der Waals surface area contributed by atoms with Gasteiger partial charge in [-0.15, -0.1) is 0 Å². The molecule has 0 bridgehead atoms. The van der Waals surface area contributed by atoms with Gasteiger partial charge in [-0.2, -0.15) is 0 Å². The van der Waals surface area contributed by atoms with Crippen LogP contribution in [-0.4, -0.2) is 25.1 Å². The van der Waals surface area contributed by atoms with Crippen LogP contribution in [0, 0.1) is 0 Å². The van der Waals surface area contributed by atoms with Crippen molar-refractivity contribution in [2.24, 2.45) is 0 Å². The van der Waals surface area contributed by atoms with E-state index in [4.69, 9.17) is 9.47 Å². The van der Waals surface area contributed by atoms with E-state index in [1.807, 2.05) is 42.5 Å². The summed E-state index contributed by atoms with van der Waals surface area (Å²) < 4.78 is 12.9. The van der Waals surface area contributed by atoms with Crippen molar-refractivity contribution >= 4 is 17.2 Å². The standard InChI is InChI=1S/C22H25NO3/c1-4-5-6-13-23-21-14-18(26-3)11-12-19(21)20(15-24)22(23)16-7-9-17(25-2)10-8-16/h7-12,14-15H,4-6,13H2,1-3H3. The molecule has 26 heavy (non-hydrogen) atoms. The average Bonchev–Trinajstić information content (AvgIpc) is 3.01. The van der Waals surface area contributed by atoms with E-state index in [1.165, 1.54) is 0 Å². The highest BCUT2D eigenvalue weighted by Gasteiger charge is 2.18. The van der Waals surface area contributed by atoms with Crippen LogP contribution in [0.15, 0.2) is 42.5 Å². The molecule has 0 radical (unpaired) electrons. The number of benzene rings is 2. The Morgan fingerprint density at radius 1 is 0.962 bits per heavy atom. The monoisotopic (exact) mass is 351 g/mol. The van der Waals surface area contributed by atoms with Gasteiger partial charge in [-0.25, -0.2) is 0 Å². The van der Waals surface area contributed by atoms with Crippen molar-refractivity contribution < 1.29 is 14.3 Å². The van der Waals surface area contributed by atoms with Gasteiger partial charge in [0, 0.05) is 23.6 Å². The smallest absolute Gasteiger partial charge is 0.152 e. The van der Waals surface area contributed by atoms with E-state index < -0.39 is 0 Å². The molecule has 0 aliphatic heterocycles. The van der Waals surface area contributed by atoms with Crippen molar-refractivity contribution in [1.29, 1.82) is 0 Å². The Morgan fingerprint density at radius 3 is 2.27 bits per heavy atom. The summed E-state index contributed by atoms with van der Waals surface area (Å²) in [5.74, 6) is 1.60. The first-order valence-electron chi connectivity index (χ1n) is 9.03. The molecule has 1 aromatic heterocycles. The highest BCUT2D eigenvalue weighted by Crippen LogP contribution is 2.35. The van der Waals surface area contributed by atoms with Crippen LogP contribution < -0.4 is 9.47 Å². The fourth-order valence-corrected chi connectivity index (χ4v) is 3.41. The van der Waals surface area contributed by atoms with E-state index in [-0.39, 0.29) is 0 Å². The lowest BCUT2D eigenvalue weighted by molar-refractivity contribution is 0.112. The molecule has 0 amide bonds. The van der Waals surface area contributed by atoms with E-state index in [2.05, 4.69) is 11.5 Å². The normalized spacial score (nSPS) is 10.9. The van der Waals surface area contributed by atoms with E-state index in [0.717, 1.165) is 71.3 Å². The fourth-order valence-electron chi connectivity index (χ4n) is 3.41. The van der Waals surface area contributed by atoms with Crippen LogP contribution in [0.1, 0.15) is 36.5 Å². The molecule has 0 aliphatic carbocycles. The van der Waals surface area contributed by atoms with E-state index in [1.54, 1.807) is 14.2 Å². The molecule has 2 aromatic carbocycles. The number of aryl methyl sites for hydroxylation is 1. The first kappa shape index (κ1) is 18.1. The minimum absolute atomic E-state index is 0.726. The number of hydrogen-bond acceptors (Lipinski definition) is 3. The molecule has 3 aromatic rings. The number of carbonyl (C=O) groups is 1. The van der Waals surface area contributed by atoms with Crippen molar-refractivity contribution in [2.45, 2.75) is 32.7 Å². The lowest BCUT2D eigenvalue weighted by Gasteiger charge is -2.12. The molecule has 1 heterocycles. The zero-order valence-corrected chi connectivity index (χ0v) is 15.6. The average molecular weight is 351 g/mol. The molecule has 0 saturated heterocycles. The first-order chi connectivity index (χ1) is 12.7.